The fraction of sp³-hybridized carbons (Fsp3) is 0.0833. The number of nitriles is 1. The first-order valence-corrected chi connectivity index (χ1v) is 10.6. The van der Waals surface area contributed by atoms with Gasteiger partial charge in [-0.25, -0.2) is 4.21 Å². The van der Waals surface area contributed by atoms with Crippen LogP contribution in [0.3, 0.4) is 0 Å². The summed E-state index contributed by atoms with van der Waals surface area (Å²) in [4.78, 5) is 5.38. The van der Waals surface area contributed by atoms with Crippen LogP contribution >= 0.6 is 0 Å². The molecule has 1 aromatic heterocycles. The summed E-state index contributed by atoms with van der Waals surface area (Å²) in [6.45, 7) is 0. The van der Waals surface area contributed by atoms with Crippen LogP contribution in [0.1, 0.15) is 17.2 Å². The van der Waals surface area contributed by atoms with Gasteiger partial charge in [0.15, 0.2) is 5.76 Å². The maximum atomic E-state index is 13.8. The van der Waals surface area contributed by atoms with Crippen molar-refractivity contribution in [2.45, 2.75) is 10.8 Å². The Labute approximate surface area is 182 Å². The van der Waals surface area contributed by atoms with E-state index in [0.29, 0.717) is 27.0 Å². The van der Waals surface area contributed by atoms with Crippen molar-refractivity contribution in [3.63, 3.8) is 0 Å². The lowest BCUT2D eigenvalue weighted by molar-refractivity contribution is 0.357. The fourth-order valence-corrected chi connectivity index (χ4v) is 4.83. The number of pyridine rings is 1. The molecule has 31 heavy (non-hydrogen) atoms. The Hall–Kier alpha value is -3.89. The van der Waals surface area contributed by atoms with Gasteiger partial charge in [-0.05, 0) is 42.0 Å². The summed E-state index contributed by atoms with van der Waals surface area (Å²) in [5, 5.41) is 9.89. The highest BCUT2D eigenvalue weighted by atomic mass is 32.2. The normalized spacial score (nSPS) is 17.0. The van der Waals surface area contributed by atoms with Crippen LogP contribution in [0.15, 0.2) is 100 Å². The van der Waals surface area contributed by atoms with Gasteiger partial charge in [0.25, 0.3) is 0 Å². The highest BCUT2D eigenvalue weighted by Gasteiger charge is 2.37. The Morgan fingerprint density at radius 1 is 1.06 bits per heavy atom. The standard InChI is InChI=1S/C24H19N3O3S/c1-29-17-12-10-16(11-13-17)21-19(15-25)24(26)30-22(20-9-5-6-14-27-20)23(21)31(28)18-7-3-2-4-8-18/h2-14,21H,26H2,1H3. The van der Waals surface area contributed by atoms with Crippen LogP contribution in [-0.2, 0) is 15.5 Å². The molecule has 0 bridgehead atoms. The third kappa shape index (κ3) is 3.93. The molecule has 4 rings (SSSR count). The Balaban J connectivity index is 1.98. The minimum atomic E-state index is -1.63. The zero-order valence-corrected chi connectivity index (χ0v) is 17.5. The third-order valence-corrected chi connectivity index (χ3v) is 6.40. The number of nitrogens with zero attached hydrogens (tertiary/aromatic N) is 2. The van der Waals surface area contributed by atoms with Gasteiger partial charge in [0.2, 0.25) is 5.88 Å². The molecule has 2 unspecified atom stereocenters. The Bertz CT molecular complexity index is 1210. The molecule has 0 fully saturated rings. The zero-order chi connectivity index (χ0) is 21.8. The molecule has 2 aromatic carbocycles. The van der Waals surface area contributed by atoms with Gasteiger partial charge in [0, 0.05) is 11.1 Å². The third-order valence-electron chi connectivity index (χ3n) is 4.88. The molecule has 1 aliphatic rings. The highest BCUT2D eigenvalue weighted by Crippen LogP contribution is 2.45. The first kappa shape index (κ1) is 20.4. The van der Waals surface area contributed by atoms with Crippen LogP contribution in [0.2, 0.25) is 0 Å². The van der Waals surface area contributed by atoms with E-state index in [4.69, 9.17) is 15.2 Å². The zero-order valence-electron chi connectivity index (χ0n) is 16.7. The minimum Gasteiger partial charge on any atom is -0.497 e. The number of ether oxygens (including phenoxy) is 2. The van der Waals surface area contributed by atoms with Gasteiger partial charge in [-0.15, -0.1) is 0 Å². The molecule has 0 saturated heterocycles. The first-order chi connectivity index (χ1) is 15.1. The Kier molecular flexibility index (Phi) is 5.83. The van der Waals surface area contributed by atoms with Gasteiger partial charge >= 0.3 is 0 Å². The number of hydrogen-bond acceptors (Lipinski definition) is 6. The van der Waals surface area contributed by atoms with E-state index in [2.05, 4.69) is 11.1 Å². The number of allylic oxidation sites excluding steroid dienone is 2. The molecule has 7 heteroatoms. The summed E-state index contributed by atoms with van der Waals surface area (Å²) in [5.41, 5.74) is 7.58. The summed E-state index contributed by atoms with van der Waals surface area (Å²) >= 11 is 0. The van der Waals surface area contributed by atoms with Crippen molar-refractivity contribution in [3.05, 3.63) is 107 Å². The van der Waals surface area contributed by atoms with E-state index in [0.717, 1.165) is 5.56 Å². The molecule has 3 aromatic rings. The van der Waals surface area contributed by atoms with Crippen molar-refractivity contribution in [3.8, 4) is 11.8 Å². The van der Waals surface area contributed by atoms with E-state index >= 15 is 0 Å². The molecular formula is C24H19N3O3S. The van der Waals surface area contributed by atoms with Crippen molar-refractivity contribution in [2.75, 3.05) is 7.11 Å². The quantitative estimate of drug-likeness (QED) is 0.656. The lowest BCUT2D eigenvalue weighted by Gasteiger charge is -2.28. The van der Waals surface area contributed by atoms with Crippen molar-refractivity contribution in [2.24, 2.45) is 5.73 Å². The van der Waals surface area contributed by atoms with E-state index in [1.165, 1.54) is 0 Å². The number of benzene rings is 2. The Morgan fingerprint density at radius 2 is 1.77 bits per heavy atom. The fourth-order valence-electron chi connectivity index (χ4n) is 3.39. The van der Waals surface area contributed by atoms with E-state index < -0.39 is 16.7 Å². The maximum Gasteiger partial charge on any atom is 0.205 e. The topological polar surface area (TPSA) is 98.2 Å². The smallest absolute Gasteiger partial charge is 0.205 e. The second-order valence-electron chi connectivity index (χ2n) is 6.69. The van der Waals surface area contributed by atoms with Crippen LogP contribution in [-0.4, -0.2) is 16.3 Å². The molecular weight excluding hydrogens is 410 g/mol. The summed E-state index contributed by atoms with van der Waals surface area (Å²) in [7, 11) is -0.0524. The minimum absolute atomic E-state index is 0.0298. The largest absolute Gasteiger partial charge is 0.497 e. The van der Waals surface area contributed by atoms with Gasteiger partial charge in [-0.3, -0.25) is 4.98 Å². The van der Waals surface area contributed by atoms with E-state index in [1.807, 2.05) is 36.4 Å². The van der Waals surface area contributed by atoms with Crippen molar-refractivity contribution >= 4 is 16.6 Å². The van der Waals surface area contributed by atoms with Gasteiger partial charge in [0.1, 0.15) is 23.1 Å². The van der Waals surface area contributed by atoms with Crippen molar-refractivity contribution in [1.82, 2.24) is 4.98 Å². The molecule has 1 aliphatic heterocycles. The van der Waals surface area contributed by atoms with Crippen molar-refractivity contribution in [1.29, 1.82) is 5.26 Å². The second kappa shape index (κ2) is 8.86. The van der Waals surface area contributed by atoms with E-state index in [1.54, 1.807) is 49.7 Å². The maximum absolute atomic E-state index is 13.8. The molecule has 0 aliphatic carbocycles. The number of methoxy groups -OCH3 is 1. The molecule has 0 amide bonds. The van der Waals surface area contributed by atoms with Crippen LogP contribution < -0.4 is 10.5 Å². The predicted octanol–water partition coefficient (Wildman–Crippen LogP) is 4.07. The molecule has 2 N–H and O–H groups in total. The summed E-state index contributed by atoms with van der Waals surface area (Å²) in [6.07, 6.45) is 1.62. The number of rotatable bonds is 5. The van der Waals surface area contributed by atoms with Gasteiger partial charge < -0.3 is 15.2 Å². The molecule has 0 radical (unpaired) electrons. The Morgan fingerprint density at radius 3 is 2.39 bits per heavy atom. The molecule has 2 heterocycles. The second-order valence-corrected chi connectivity index (χ2v) is 8.14. The van der Waals surface area contributed by atoms with Gasteiger partial charge in [0.05, 0.1) is 28.7 Å². The van der Waals surface area contributed by atoms with Gasteiger partial charge in [-0.2, -0.15) is 5.26 Å². The predicted molar refractivity (Wildman–Crippen MR) is 118 cm³/mol. The van der Waals surface area contributed by atoms with E-state index in [9.17, 15) is 9.47 Å². The monoisotopic (exact) mass is 429 g/mol. The van der Waals surface area contributed by atoms with Crippen LogP contribution in [0.5, 0.6) is 5.75 Å². The summed E-state index contributed by atoms with van der Waals surface area (Å²) in [5.74, 6) is 0.270. The van der Waals surface area contributed by atoms with E-state index in [-0.39, 0.29) is 11.5 Å². The average Bonchev–Trinajstić information content (AvgIpc) is 2.84. The highest BCUT2D eigenvalue weighted by molar-refractivity contribution is 7.89. The average molecular weight is 430 g/mol. The molecule has 0 saturated carbocycles. The molecule has 2 atom stereocenters. The molecule has 154 valence electrons. The summed E-state index contributed by atoms with van der Waals surface area (Å²) in [6, 6.07) is 23.8. The number of hydrogen-bond donors (Lipinski definition) is 1. The first-order valence-electron chi connectivity index (χ1n) is 9.48. The summed E-state index contributed by atoms with van der Waals surface area (Å²) < 4.78 is 24.9. The van der Waals surface area contributed by atoms with Crippen LogP contribution in [0, 0.1) is 11.3 Å². The SMILES string of the molecule is COc1ccc(C2C(C#N)=C(N)OC(c3ccccn3)=C2S(=O)c2ccccc2)cc1. The lowest BCUT2D eigenvalue weighted by atomic mass is 9.89. The number of nitrogens with two attached hydrogens (primary N) is 1. The van der Waals surface area contributed by atoms with Crippen molar-refractivity contribution < 1.29 is 13.7 Å². The number of aromatic nitrogens is 1. The molecule has 0 spiro atoms. The lowest BCUT2D eigenvalue weighted by Crippen LogP contribution is -2.23. The van der Waals surface area contributed by atoms with Crippen LogP contribution in [0.4, 0.5) is 0 Å². The van der Waals surface area contributed by atoms with Crippen LogP contribution in [0.25, 0.3) is 5.76 Å². The molecule has 6 nitrogen and oxygen atoms in total. The van der Waals surface area contributed by atoms with Gasteiger partial charge in [-0.1, -0.05) is 36.4 Å².